The number of nitrogens with one attached hydrogen (secondary N) is 1. The summed E-state index contributed by atoms with van der Waals surface area (Å²) in [7, 11) is 1.90. The number of aliphatic hydroxyl groups is 1. The number of nitrogens with zero attached hydrogens (tertiary/aromatic N) is 2. The molecule has 0 aromatic heterocycles. The molecule has 5 fully saturated rings. The second-order valence-corrected chi connectivity index (χ2v) is 13.2. The number of carbonyl (C=O) groups excluding carboxylic acids is 2. The van der Waals surface area contributed by atoms with Crippen LogP contribution in [-0.4, -0.2) is 69.1 Å². The lowest BCUT2D eigenvalue weighted by Gasteiger charge is -2.65. The molecule has 1 aromatic rings. The molecule has 0 unspecified atom stereocenters. The minimum absolute atomic E-state index is 0.0120. The van der Waals surface area contributed by atoms with Gasteiger partial charge >= 0.3 is 0 Å². The molecule has 1 aliphatic carbocycles. The standard InChI is InChI=1S/C28H35N3O4/c1-23(2)10-9-16-18(35-23)8-7-17-20(16)29-21(32)27(17)14-26-15-31-12-11-25(5,34)28(31,22(33)30(26)6)13-19(26)24(27,3)4/h7-10,19,34H,11-15H2,1-6H3,(H,29,32)/t19-,25+,26-,27+,28-/m0/s1. The number of piperidine rings is 2. The largest absolute Gasteiger partial charge is 0.483 e. The summed E-state index contributed by atoms with van der Waals surface area (Å²) in [5, 5.41) is 14.8. The molecule has 7 nitrogen and oxygen atoms in total. The molecule has 35 heavy (non-hydrogen) atoms. The lowest BCUT2D eigenvalue weighted by atomic mass is 9.55. The van der Waals surface area contributed by atoms with Crippen LogP contribution in [0.2, 0.25) is 0 Å². The van der Waals surface area contributed by atoms with Gasteiger partial charge in [-0.05, 0) is 75.1 Å². The van der Waals surface area contributed by atoms with Gasteiger partial charge in [-0.1, -0.05) is 19.9 Å². The zero-order chi connectivity index (χ0) is 25.0. The van der Waals surface area contributed by atoms with E-state index >= 15 is 0 Å². The summed E-state index contributed by atoms with van der Waals surface area (Å²) in [5.41, 5.74) is -1.26. The van der Waals surface area contributed by atoms with Gasteiger partial charge in [0.05, 0.1) is 22.2 Å². The minimum Gasteiger partial charge on any atom is -0.483 e. The third kappa shape index (κ3) is 2.08. The summed E-state index contributed by atoms with van der Waals surface area (Å²) in [6, 6.07) is 4.08. The van der Waals surface area contributed by atoms with Crippen molar-refractivity contribution in [2.45, 2.75) is 81.6 Å². The second kappa shape index (κ2) is 5.78. The van der Waals surface area contributed by atoms with E-state index in [-0.39, 0.29) is 17.7 Å². The van der Waals surface area contributed by atoms with E-state index < -0.39 is 33.1 Å². The lowest BCUT2D eigenvalue weighted by molar-refractivity contribution is -0.206. The number of likely N-dealkylation sites (N-methyl/N-ethyl adjacent to an activating group) is 1. The first kappa shape index (κ1) is 21.9. The molecule has 1 saturated carbocycles. The first-order chi connectivity index (χ1) is 16.2. The van der Waals surface area contributed by atoms with Gasteiger partial charge in [0, 0.05) is 25.7 Å². The van der Waals surface area contributed by atoms with E-state index in [2.05, 4.69) is 36.2 Å². The van der Waals surface area contributed by atoms with Crippen LogP contribution in [0.4, 0.5) is 5.69 Å². The van der Waals surface area contributed by atoms with Crippen LogP contribution in [0.3, 0.4) is 0 Å². The predicted molar refractivity (Wildman–Crippen MR) is 132 cm³/mol. The molecule has 0 radical (unpaired) electrons. The van der Waals surface area contributed by atoms with Gasteiger partial charge in [-0.3, -0.25) is 14.5 Å². The Balaban J connectivity index is 1.43. The SMILES string of the molecule is CN1C(=O)[C@]23C[C@H]4C(C)(C)[C@@]5(C[C@]41CN2CC[C@@]3(C)O)C(=O)Nc1c5ccc2c1C=CC(C)(C)O2. The summed E-state index contributed by atoms with van der Waals surface area (Å²) in [5.74, 6) is 0.889. The quantitative estimate of drug-likeness (QED) is 0.601. The van der Waals surface area contributed by atoms with Crippen molar-refractivity contribution in [3.63, 3.8) is 0 Å². The molecule has 7 heteroatoms. The van der Waals surface area contributed by atoms with Gasteiger partial charge in [0.2, 0.25) is 11.8 Å². The van der Waals surface area contributed by atoms with Crippen molar-refractivity contribution in [2.24, 2.45) is 11.3 Å². The van der Waals surface area contributed by atoms with E-state index in [0.29, 0.717) is 32.4 Å². The molecule has 186 valence electrons. The Hall–Kier alpha value is -2.38. The van der Waals surface area contributed by atoms with Crippen LogP contribution in [0.25, 0.3) is 6.08 Å². The monoisotopic (exact) mass is 477 g/mol. The van der Waals surface area contributed by atoms with Crippen molar-refractivity contribution in [3.8, 4) is 5.75 Å². The van der Waals surface area contributed by atoms with E-state index in [4.69, 9.17) is 4.74 Å². The molecule has 6 heterocycles. The fraction of sp³-hybridized carbons (Fsp3) is 0.643. The van der Waals surface area contributed by atoms with Crippen molar-refractivity contribution in [3.05, 3.63) is 29.3 Å². The number of piperazine rings is 1. The average molecular weight is 478 g/mol. The zero-order valence-electron chi connectivity index (χ0n) is 21.5. The van der Waals surface area contributed by atoms with E-state index in [0.717, 1.165) is 22.6 Å². The van der Waals surface area contributed by atoms with Crippen molar-refractivity contribution >= 4 is 23.6 Å². The zero-order valence-corrected chi connectivity index (χ0v) is 21.5. The molecule has 2 bridgehead atoms. The predicted octanol–water partition coefficient (Wildman–Crippen LogP) is 2.92. The summed E-state index contributed by atoms with van der Waals surface area (Å²) in [6.45, 7) is 11.7. The highest BCUT2D eigenvalue weighted by atomic mass is 16.5. The van der Waals surface area contributed by atoms with Gasteiger partial charge in [0.15, 0.2) is 0 Å². The Morgan fingerprint density at radius 2 is 1.89 bits per heavy atom. The number of rotatable bonds is 0. The fourth-order valence-electron chi connectivity index (χ4n) is 9.17. The highest BCUT2D eigenvalue weighted by Gasteiger charge is 2.82. The van der Waals surface area contributed by atoms with Crippen molar-refractivity contribution in [2.75, 3.05) is 25.5 Å². The lowest BCUT2D eigenvalue weighted by Crippen LogP contribution is -2.82. The van der Waals surface area contributed by atoms with Crippen LogP contribution in [0.5, 0.6) is 5.75 Å². The van der Waals surface area contributed by atoms with Gasteiger partial charge < -0.3 is 20.1 Å². The van der Waals surface area contributed by atoms with Crippen LogP contribution in [-0.2, 0) is 15.0 Å². The molecular formula is C28H35N3O4. The fourth-order valence-corrected chi connectivity index (χ4v) is 9.17. The van der Waals surface area contributed by atoms with Gasteiger partial charge in [0.25, 0.3) is 0 Å². The summed E-state index contributed by atoms with van der Waals surface area (Å²) < 4.78 is 6.20. The van der Waals surface area contributed by atoms with Crippen LogP contribution in [0.15, 0.2) is 18.2 Å². The number of ether oxygens (including phenoxy) is 1. The third-order valence-electron chi connectivity index (χ3n) is 11.1. The maximum atomic E-state index is 14.1. The molecule has 2 N–H and O–H groups in total. The Bertz CT molecular complexity index is 1260. The van der Waals surface area contributed by atoms with Crippen molar-refractivity contribution in [1.29, 1.82) is 0 Å². The molecule has 3 spiro atoms. The van der Waals surface area contributed by atoms with Crippen LogP contribution in [0, 0.1) is 11.3 Å². The number of hydrogen-bond donors (Lipinski definition) is 2. The Labute approximate surface area is 206 Å². The van der Waals surface area contributed by atoms with E-state index in [1.165, 1.54) is 0 Å². The van der Waals surface area contributed by atoms with Crippen molar-refractivity contribution in [1.82, 2.24) is 9.80 Å². The van der Waals surface area contributed by atoms with E-state index in [9.17, 15) is 14.7 Å². The van der Waals surface area contributed by atoms with Gasteiger partial charge in [-0.25, -0.2) is 0 Å². The van der Waals surface area contributed by atoms with Gasteiger partial charge in [0.1, 0.15) is 16.9 Å². The van der Waals surface area contributed by atoms with Gasteiger partial charge in [-0.2, -0.15) is 0 Å². The van der Waals surface area contributed by atoms with Crippen LogP contribution in [0.1, 0.15) is 65.0 Å². The number of benzene rings is 1. The topological polar surface area (TPSA) is 82.1 Å². The first-order valence-electron chi connectivity index (χ1n) is 12.9. The highest BCUT2D eigenvalue weighted by Crippen LogP contribution is 2.72. The third-order valence-corrected chi connectivity index (χ3v) is 11.1. The first-order valence-corrected chi connectivity index (χ1v) is 12.9. The highest BCUT2D eigenvalue weighted by molar-refractivity contribution is 6.10. The molecule has 1 aromatic carbocycles. The Kier molecular flexibility index (Phi) is 3.61. The molecule has 2 amide bonds. The Morgan fingerprint density at radius 3 is 2.63 bits per heavy atom. The molecule has 8 rings (SSSR count). The van der Waals surface area contributed by atoms with E-state index in [1.807, 2.05) is 44.9 Å². The maximum Gasteiger partial charge on any atom is 0.246 e. The van der Waals surface area contributed by atoms with Crippen LogP contribution < -0.4 is 10.1 Å². The van der Waals surface area contributed by atoms with Crippen LogP contribution >= 0.6 is 0 Å². The normalized spacial score (nSPS) is 43.6. The number of anilines is 1. The molecule has 6 aliphatic heterocycles. The van der Waals surface area contributed by atoms with Gasteiger partial charge in [-0.15, -0.1) is 0 Å². The van der Waals surface area contributed by atoms with E-state index in [1.54, 1.807) is 0 Å². The smallest absolute Gasteiger partial charge is 0.246 e. The Morgan fingerprint density at radius 1 is 1.14 bits per heavy atom. The molecular weight excluding hydrogens is 442 g/mol. The van der Waals surface area contributed by atoms with Crippen molar-refractivity contribution < 1.29 is 19.4 Å². The number of amides is 2. The summed E-state index contributed by atoms with van der Waals surface area (Å²) in [6.07, 6.45) is 5.87. The maximum absolute atomic E-state index is 14.1. The average Bonchev–Trinajstić information content (AvgIpc) is 3.29. The molecule has 5 atom stereocenters. The summed E-state index contributed by atoms with van der Waals surface area (Å²) >= 11 is 0. The minimum atomic E-state index is -1.08. The molecule has 7 aliphatic rings. The number of hydrogen-bond acceptors (Lipinski definition) is 5. The number of fused-ring (bicyclic) bond motifs is 5. The molecule has 4 saturated heterocycles. The summed E-state index contributed by atoms with van der Waals surface area (Å²) in [4.78, 5) is 32.2. The number of carbonyl (C=O) groups is 2. The second-order valence-electron chi connectivity index (χ2n) is 13.2.